The summed E-state index contributed by atoms with van der Waals surface area (Å²) in [6.07, 6.45) is 5.10. The van der Waals surface area contributed by atoms with Crippen molar-refractivity contribution in [2.75, 3.05) is 25.1 Å². The van der Waals surface area contributed by atoms with E-state index >= 15 is 0 Å². The minimum Gasteiger partial charge on any atom is -0.495 e. The van der Waals surface area contributed by atoms with Gasteiger partial charge in [-0.3, -0.25) is 4.79 Å². The normalized spacial score (nSPS) is 18.7. The van der Waals surface area contributed by atoms with Gasteiger partial charge in [0.1, 0.15) is 17.3 Å². The fraction of sp³-hybridized carbons (Fsp3) is 0.300. The van der Waals surface area contributed by atoms with E-state index in [9.17, 15) is 9.18 Å². The van der Waals surface area contributed by atoms with Crippen LogP contribution in [-0.4, -0.2) is 42.0 Å². The van der Waals surface area contributed by atoms with Gasteiger partial charge in [0.25, 0.3) is 5.91 Å². The van der Waals surface area contributed by atoms with Crippen molar-refractivity contribution in [2.45, 2.75) is 18.9 Å². The van der Waals surface area contributed by atoms with Gasteiger partial charge in [-0.15, -0.1) is 0 Å². The van der Waals surface area contributed by atoms with Gasteiger partial charge in [-0.05, 0) is 43.2 Å². The van der Waals surface area contributed by atoms with Crippen LogP contribution in [0.2, 0.25) is 10.2 Å². The van der Waals surface area contributed by atoms with Crippen LogP contribution in [0.5, 0.6) is 5.75 Å². The molecular formula is C20H18Cl2FN3O2. The minimum atomic E-state index is -0.535. The predicted octanol–water partition coefficient (Wildman–Crippen LogP) is 4.39. The number of piperazine rings is 1. The second kappa shape index (κ2) is 7.60. The second-order valence-electron chi connectivity index (χ2n) is 6.73. The molecule has 2 heterocycles. The number of ether oxygens (including phenoxy) is 1. The average Bonchev–Trinajstić information content (AvgIpc) is 3.51. The van der Waals surface area contributed by atoms with E-state index in [-0.39, 0.29) is 27.7 Å². The first-order valence-corrected chi connectivity index (χ1v) is 9.69. The van der Waals surface area contributed by atoms with Gasteiger partial charge in [-0.1, -0.05) is 23.2 Å². The van der Waals surface area contributed by atoms with E-state index in [0.29, 0.717) is 30.2 Å². The molecule has 0 atom stereocenters. The van der Waals surface area contributed by atoms with Gasteiger partial charge < -0.3 is 14.5 Å². The number of halogens is 3. The molecule has 1 aliphatic carbocycles. The molecule has 0 spiro atoms. The van der Waals surface area contributed by atoms with Gasteiger partial charge in [0.2, 0.25) is 0 Å². The summed E-state index contributed by atoms with van der Waals surface area (Å²) in [6.45, 7) is 1.13. The first kappa shape index (κ1) is 19.0. The molecule has 28 heavy (non-hydrogen) atoms. The smallest absolute Gasteiger partial charge is 0.270 e. The molecule has 0 radical (unpaired) electrons. The summed E-state index contributed by atoms with van der Waals surface area (Å²) in [5.74, 6) is -0.350. The van der Waals surface area contributed by atoms with Gasteiger partial charge >= 0.3 is 0 Å². The fourth-order valence-electron chi connectivity index (χ4n) is 3.35. The van der Waals surface area contributed by atoms with E-state index in [1.807, 2.05) is 4.90 Å². The third kappa shape index (κ3) is 3.54. The van der Waals surface area contributed by atoms with E-state index in [2.05, 4.69) is 4.98 Å². The number of hydrogen-bond acceptors (Lipinski definition) is 4. The molecule has 0 N–H and O–H groups in total. The maximum atomic E-state index is 14.6. The molecule has 0 bridgehead atoms. The number of nitrogens with zero attached hydrogens (tertiary/aromatic N) is 3. The number of anilines is 1. The van der Waals surface area contributed by atoms with Crippen LogP contribution in [0.1, 0.15) is 18.4 Å². The van der Waals surface area contributed by atoms with Gasteiger partial charge in [0.05, 0.1) is 17.8 Å². The molecule has 1 aromatic heterocycles. The summed E-state index contributed by atoms with van der Waals surface area (Å²) < 4.78 is 19.7. The molecule has 0 unspecified atom stereocenters. The lowest BCUT2D eigenvalue weighted by Crippen LogP contribution is -2.49. The third-order valence-electron chi connectivity index (χ3n) is 4.92. The van der Waals surface area contributed by atoms with Crippen molar-refractivity contribution >= 4 is 40.9 Å². The molecule has 2 aliphatic rings. The van der Waals surface area contributed by atoms with E-state index in [4.69, 9.17) is 27.9 Å². The lowest BCUT2D eigenvalue weighted by Gasteiger charge is -2.38. The van der Waals surface area contributed by atoms with Crippen LogP contribution in [0.15, 0.2) is 36.2 Å². The zero-order chi connectivity index (χ0) is 19.8. The minimum absolute atomic E-state index is 0.151. The summed E-state index contributed by atoms with van der Waals surface area (Å²) in [5, 5.41) is 0.458. The van der Waals surface area contributed by atoms with Crippen molar-refractivity contribution in [3.05, 3.63) is 57.7 Å². The Hall–Kier alpha value is -2.31. The summed E-state index contributed by atoms with van der Waals surface area (Å²) in [5.41, 5.74) is 1.17. The van der Waals surface area contributed by atoms with E-state index in [1.54, 1.807) is 23.2 Å². The predicted molar refractivity (Wildman–Crippen MR) is 107 cm³/mol. The Morgan fingerprint density at radius 2 is 2.07 bits per heavy atom. The first-order valence-electron chi connectivity index (χ1n) is 8.93. The van der Waals surface area contributed by atoms with Crippen LogP contribution < -0.4 is 9.64 Å². The van der Waals surface area contributed by atoms with Crippen LogP contribution >= 0.6 is 23.2 Å². The number of aromatic nitrogens is 1. The molecule has 5 nitrogen and oxygen atoms in total. The molecule has 1 aliphatic heterocycles. The fourth-order valence-corrected chi connectivity index (χ4v) is 3.80. The number of rotatable bonds is 4. The number of pyridine rings is 1. The van der Waals surface area contributed by atoms with Crippen molar-refractivity contribution in [3.63, 3.8) is 0 Å². The van der Waals surface area contributed by atoms with Crippen LogP contribution in [-0.2, 0) is 4.79 Å². The standard InChI is InChI=1S/C20H18Cl2FN3O2/c1-28-18-10-12(15(23)11-14(18)21)9-17-20(27)25(13-4-5-13)7-8-26(17)16-3-2-6-24-19(16)22/h2-3,6,9-11,13H,4-5,7-8H2,1H3. The van der Waals surface area contributed by atoms with E-state index in [0.717, 1.165) is 12.8 Å². The molecule has 8 heteroatoms. The van der Waals surface area contributed by atoms with Gasteiger partial charge in [-0.2, -0.15) is 0 Å². The number of amides is 1. The number of methoxy groups -OCH3 is 1. The van der Waals surface area contributed by atoms with Gasteiger partial charge in [-0.25, -0.2) is 9.37 Å². The van der Waals surface area contributed by atoms with Crippen LogP contribution in [0, 0.1) is 5.82 Å². The Kier molecular flexibility index (Phi) is 5.17. The lowest BCUT2D eigenvalue weighted by atomic mass is 10.1. The largest absolute Gasteiger partial charge is 0.495 e. The Labute approximate surface area is 172 Å². The van der Waals surface area contributed by atoms with Crippen molar-refractivity contribution in [3.8, 4) is 5.75 Å². The number of carbonyl (C=O) groups excluding carboxylic acids is 1. The lowest BCUT2D eigenvalue weighted by molar-refractivity contribution is -0.128. The van der Waals surface area contributed by atoms with E-state index < -0.39 is 5.82 Å². The quantitative estimate of drug-likeness (QED) is 0.542. The summed E-state index contributed by atoms with van der Waals surface area (Å²) in [4.78, 5) is 20.9. The first-order chi connectivity index (χ1) is 13.5. The number of benzene rings is 1. The highest BCUT2D eigenvalue weighted by molar-refractivity contribution is 6.32. The third-order valence-corrected chi connectivity index (χ3v) is 5.50. The molecule has 4 rings (SSSR count). The number of hydrogen-bond donors (Lipinski definition) is 0. The molecule has 146 valence electrons. The molecule has 2 fully saturated rings. The van der Waals surface area contributed by atoms with Crippen molar-refractivity contribution in [1.29, 1.82) is 0 Å². The van der Waals surface area contributed by atoms with E-state index in [1.165, 1.54) is 25.3 Å². The molecule has 2 aromatic rings. The van der Waals surface area contributed by atoms with Crippen molar-refractivity contribution < 1.29 is 13.9 Å². The van der Waals surface area contributed by atoms with Gasteiger partial charge in [0, 0.05) is 30.9 Å². The SMILES string of the molecule is COc1cc(C=C2C(=O)N(C3CC3)CCN2c2cccnc2Cl)c(F)cc1Cl. The highest BCUT2D eigenvalue weighted by Crippen LogP contribution is 2.36. The van der Waals surface area contributed by atoms with Crippen molar-refractivity contribution in [1.82, 2.24) is 9.88 Å². The zero-order valence-corrected chi connectivity index (χ0v) is 16.7. The molecule has 1 amide bonds. The zero-order valence-electron chi connectivity index (χ0n) is 15.2. The Bertz CT molecular complexity index is 962. The highest BCUT2D eigenvalue weighted by Gasteiger charge is 2.39. The summed E-state index contributed by atoms with van der Waals surface area (Å²) in [6, 6.07) is 6.47. The molecule has 1 saturated heterocycles. The van der Waals surface area contributed by atoms with Crippen LogP contribution in [0.4, 0.5) is 10.1 Å². The maximum absolute atomic E-state index is 14.6. The monoisotopic (exact) mass is 421 g/mol. The Morgan fingerprint density at radius 3 is 2.75 bits per heavy atom. The summed E-state index contributed by atoms with van der Waals surface area (Å²) in [7, 11) is 1.46. The molecular weight excluding hydrogens is 404 g/mol. The average molecular weight is 422 g/mol. The number of carbonyl (C=O) groups is 1. The van der Waals surface area contributed by atoms with Crippen LogP contribution in [0.25, 0.3) is 6.08 Å². The Balaban J connectivity index is 1.81. The topological polar surface area (TPSA) is 45.7 Å². The molecule has 1 aromatic carbocycles. The molecule has 1 saturated carbocycles. The Morgan fingerprint density at radius 1 is 1.29 bits per heavy atom. The maximum Gasteiger partial charge on any atom is 0.270 e. The van der Waals surface area contributed by atoms with Crippen molar-refractivity contribution in [2.24, 2.45) is 0 Å². The second-order valence-corrected chi connectivity index (χ2v) is 7.50. The summed E-state index contributed by atoms with van der Waals surface area (Å²) >= 11 is 12.3. The highest BCUT2D eigenvalue weighted by atomic mass is 35.5. The van der Waals surface area contributed by atoms with Gasteiger partial charge in [0.15, 0.2) is 5.15 Å². The van der Waals surface area contributed by atoms with Crippen LogP contribution in [0.3, 0.4) is 0 Å².